The van der Waals surface area contributed by atoms with E-state index in [9.17, 15) is 0 Å². The first-order valence-corrected chi connectivity index (χ1v) is 6.32. The van der Waals surface area contributed by atoms with Gasteiger partial charge in [-0.25, -0.2) is 0 Å². The van der Waals surface area contributed by atoms with Crippen molar-refractivity contribution in [3.05, 3.63) is 11.6 Å². The van der Waals surface area contributed by atoms with Crippen LogP contribution in [0.3, 0.4) is 0 Å². The lowest BCUT2D eigenvalue weighted by atomic mass is 10.0. The number of nitrogens with zero attached hydrogens (tertiary/aromatic N) is 1. The van der Waals surface area contributed by atoms with Gasteiger partial charge in [-0.15, -0.1) is 0 Å². The number of hydrogen-bond acceptors (Lipinski definition) is 2. The van der Waals surface area contributed by atoms with Gasteiger partial charge >= 0.3 is 0 Å². The SMILES string of the molecule is CCCN(CC=C(C)C)C1CCNCC1. The van der Waals surface area contributed by atoms with Gasteiger partial charge in [-0.05, 0) is 52.7 Å². The molecule has 1 rings (SSSR count). The van der Waals surface area contributed by atoms with Crippen LogP contribution in [0, 0.1) is 0 Å². The highest BCUT2D eigenvalue weighted by molar-refractivity contribution is 4.96. The van der Waals surface area contributed by atoms with Crippen molar-refractivity contribution in [2.45, 2.75) is 46.1 Å². The van der Waals surface area contributed by atoms with Gasteiger partial charge in [-0.2, -0.15) is 0 Å². The van der Waals surface area contributed by atoms with E-state index in [1.807, 2.05) is 0 Å². The van der Waals surface area contributed by atoms with Crippen molar-refractivity contribution in [1.29, 1.82) is 0 Å². The first kappa shape index (κ1) is 12.7. The van der Waals surface area contributed by atoms with Crippen LogP contribution in [-0.4, -0.2) is 37.1 Å². The number of allylic oxidation sites excluding steroid dienone is 1. The Morgan fingerprint density at radius 2 is 2.00 bits per heavy atom. The van der Waals surface area contributed by atoms with Crippen LogP contribution in [0.2, 0.25) is 0 Å². The van der Waals surface area contributed by atoms with Crippen LogP contribution in [0.15, 0.2) is 11.6 Å². The van der Waals surface area contributed by atoms with Gasteiger partial charge in [0.2, 0.25) is 0 Å². The van der Waals surface area contributed by atoms with Crippen LogP contribution in [0.4, 0.5) is 0 Å². The molecule has 0 aliphatic carbocycles. The maximum Gasteiger partial charge on any atom is 0.0168 e. The zero-order valence-corrected chi connectivity index (χ0v) is 10.6. The second-order valence-electron chi connectivity index (χ2n) is 4.76. The largest absolute Gasteiger partial charge is 0.317 e. The molecule has 2 nitrogen and oxygen atoms in total. The van der Waals surface area contributed by atoms with Gasteiger partial charge in [0.05, 0.1) is 0 Å². The number of rotatable bonds is 5. The molecule has 1 aliphatic heterocycles. The third-order valence-electron chi connectivity index (χ3n) is 3.07. The van der Waals surface area contributed by atoms with Crippen LogP contribution in [0.1, 0.15) is 40.0 Å². The van der Waals surface area contributed by atoms with E-state index in [0.717, 1.165) is 12.6 Å². The zero-order valence-electron chi connectivity index (χ0n) is 10.6. The average molecular weight is 210 g/mol. The highest BCUT2D eigenvalue weighted by atomic mass is 15.2. The minimum atomic E-state index is 0.807. The monoisotopic (exact) mass is 210 g/mol. The maximum absolute atomic E-state index is 3.43. The second kappa shape index (κ2) is 7.02. The number of nitrogens with one attached hydrogen (secondary N) is 1. The summed E-state index contributed by atoms with van der Waals surface area (Å²) in [6.45, 7) is 11.4. The molecule has 0 amide bonds. The molecule has 0 bridgehead atoms. The molecular formula is C13H26N2. The van der Waals surface area contributed by atoms with Gasteiger partial charge in [0.25, 0.3) is 0 Å². The Balaban J connectivity index is 2.43. The minimum Gasteiger partial charge on any atom is -0.317 e. The van der Waals surface area contributed by atoms with E-state index >= 15 is 0 Å². The molecule has 0 aromatic rings. The Kier molecular flexibility index (Phi) is 5.96. The lowest BCUT2D eigenvalue weighted by molar-refractivity contribution is 0.179. The zero-order chi connectivity index (χ0) is 11.1. The fourth-order valence-electron chi connectivity index (χ4n) is 2.18. The Morgan fingerprint density at radius 1 is 1.33 bits per heavy atom. The minimum absolute atomic E-state index is 0.807. The highest BCUT2D eigenvalue weighted by Crippen LogP contribution is 2.12. The number of hydrogen-bond donors (Lipinski definition) is 1. The summed E-state index contributed by atoms with van der Waals surface area (Å²) in [7, 11) is 0. The van der Waals surface area contributed by atoms with Crippen LogP contribution in [0.5, 0.6) is 0 Å². The molecule has 0 aromatic carbocycles. The van der Waals surface area contributed by atoms with Gasteiger partial charge in [0.1, 0.15) is 0 Å². The maximum atomic E-state index is 3.43. The molecule has 88 valence electrons. The summed E-state index contributed by atoms with van der Waals surface area (Å²) < 4.78 is 0. The fourth-order valence-corrected chi connectivity index (χ4v) is 2.18. The predicted molar refractivity (Wildman–Crippen MR) is 67.2 cm³/mol. The van der Waals surface area contributed by atoms with E-state index in [4.69, 9.17) is 0 Å². The molecule has 0 atom stereocenters. The molecular weight excluding hydrogens is 184 g/mol. The topological polar surface area (TPSA) is 15.3 Å². The van der Waals surface area contributed by atoms with Gasteiger partial charge < -0.3 is 5.32 Å². The molecule has 1 saturated heterocycles. The Hall–Kier alpha value is -0.340. The summed E-state index contributed by atoms with van der Waals surface area (Å²) in [5.41, 5.74) is 1.44. The fraction of sp³-hybridized carbons (Fsp3) is 0.846. The van der Waals surface area contributed by atoms with Gasteiger partial charge in [-0.3, -0.25) is 4.90 Å². The lowest BCUT2D eigenvalue weighted by Crippen LogP contribution is -2.43. The van der Waals surface area contributed by atoms with Gasteiger partial charge in [0.15, 0.2) is 0 Å². The molecule has 2 heteroatoms. The third-order valence-corrected chi connectivity index (χ3v) is 3.07. The molecule has 1 aliphatic rings. The molecule has 0 spiro atoms. The van der Waals surface area contributed by atoms with Crippen LogP contribution < -0.4 is 5.32 Å². The quantitative estimate of drug-likeness (QED) is 0.701. The van der Waals surface area contributed by atoms with E-state index in [-0.39, 0.29) is 0 Å². The summed E-state index contributed by atoms with van der Waals surface area (Å²) in [6, 6.07) is 0.807. The van der Waals surface area contributed by atoms with E-state index in [1.165, 1.54) is 44.5 Å². The van der Waals surface area contributed by atoms with Crippen molar-refractivity contribution < 1.29 is 0 Å². The van der Waals surface area contributed by atoms with Gasteiger partial charge in [0, 0.05) is 12.6 Å². The van der Waals surface area contributed by atoms with E-state index in [1.54, 1.807) is 0 Å². The lowest BCUT2D eigenvalue weighted by Gasteiger charge is -2.33. The summed E-state index contributed by atoms with van der Waals surface area (Å²) >= 11 is 0. The van der Waals surface area contributed by atoms with Crippen molar-refractivity contribution in [3.8, 4) is 0 Å². The Morgan fingerprint density at radius 3 is 2.53 bits per heavy atom. The molecule has 1 fully saturated rings. The summed E-state index contributed by atoms with van der Waals surface area (Å²) in [5.74, 6) is 0. The smallest absolute Gasteiger partial charge is 0.0168 e. The van der Waals surface area contributed by atoms with Crippen molar-refractivity contribution in [3.63, 3.8) is 0 Å². The van der Waals surface area contributed by atoms with E-state index in [2.05, 4.69) is 37.1 Å². The normalized spacial score (nSPS) is 18.1. The van der Waals surface area contributed by atoms with Crippen LogP contribution >= 0.6 is 0 Å². The molecule has 1 heterocycles. The van der Waals surface area contributed by atoms with Crippen molar-refractivity contribution in [2.75, 3.05) is 26.2 Å². The molecule has 0 unspecified atom stereocenters. The Labute approximate surface area is 94.7 Å². The first-order chi connectivity index (χ1) is 7.24. The molecule has 0 aromatic heterocycles. The highest BCUT2D eigenvalue weighted by Gasteiger charge is 2.18. The van der Waals surface area contributed by atoms with Gasteiger partial charge in [-0.1, -0.05) is 18.6 Å². The molecule has 1 N–H and O–H groups in total. The standard InChI is InChI=1S/C13H26N2/c1-4-10-15(11-7-12(2)3)13-5-8-14-9-6-13/h7,13-14H,4-6,8-11H2,1-3H3. The van der Waals surface area contributed by atoms with Crippen molar-refractivity contribution >= 4 is 0 Å². The average Bonchev–Trinajstić information content (AvgIpc) is 2.25. The predicted octanol–water partition coefficient (Wildman–Crippen LogP) is 2.42. The van der Waals surface area contributed by atoms with Crippen molar-refractivity contribution in [1.82, 2.24) is 10.2 Å². The Bertz CT molecular complexity index is 189. The summed E-state index contributed by atoms with van der Waals surface area (Å²) in [6.07, 6.45) is 6.26. The summed E-state index contributed by atoms with van der Waals surface area (Å²) in [5, 5.41) is 3.43. The van der Waals surface area contributed by atoms with E-state index in [0.29, 0.717) is 0 Å². The molecule has 15 heavy (non-hydrogen) atoms. The summed E-state index contributed by atoms with van der Waals surface area (Å²) in [4.78, 5) is 2.65. The number of piperidine rings is 1. The second-order valence-corrected chi connectivity index (χ2v) is 4.76. The van der Waals surface area contributed by atoms with Crippen LogP contribution in [-0.2, 0) is 0 Å². The first-order valence-electron chi connectivity index (χ1n) is 6.32. The van der Waals surface area contributed by atoms with Crippen molar-refractivity contribution in [2.24, 2.45) is 0 Å². The van der Waals surface area contributed by atoms with Crippen LogP contribution in [0.25, 0.3) is 0 Å². The van der Waals surface area contributed by atoms with E-state index < -0.39 is 0 Å². The third kappa shape index (κ3) is 4.80. The molecule has 0 radical (unpaired) electrons. The molecule has 0 saturated carbocycles.